The van der Waals surface area contributed by atoms with E-state index >= 15 is 0 Å². The molecule has 2 amide bonds. The average molecular weight is 490 g/mol. The Bertz CT molecular complexity index is 1140. The number of nitrogens with one attached hydrogen (secondary N) is 2. The van der Waals surface area contributed by atoms with E-state index in [1.165, 1.54) is 17.5 Å². The third kappa shape index (κ3) is 5.75. The standard InChI is InChI=1S/C24H31N3O6S/c1-16(2)22(26-23(28)19-7-5-6-8-20(19)32-4)24(29)25-18-10-9-17(3)21(15-18)34(30,31)27-11-13-33-14-12-27/h5-10,15-16,22H,11-14H2,1-4H3,(H,25,29)(H,26,28)/t22-/m0/s1. The van der Waals surface area contributed by atoms with Crippen LogP contribution in [0.2, 0.25) is 0 Å². The highest BCUT2D eigenvalue weighted by molar-refractivity contribution is 7.89. The lowest BCUT2D eigenvalue weighted by Crippen LogP contribution is -2.47. The number of methoxy groups -OCH3 is 1. The van der Waals surface area contributed by atoms with Gasteiger partial charge in [-0.15, -0.1) is 0 Å². The van der Waals surface area contributed by atoms with Gasteiger partial charge in [-0.25, -0.2) is 8.42 Å². The Hall–Kier alpha value is -2.95. The molecule has 1 saturated heterocycles. The van der Waals surface area contributed by atoms with Crippen molar-refractivity contribution in [2.75, 3.05) is 38.7 Å². The van der Waals surface area contributed by atoms with E-state index in [0.29, 0.717) is 35.8 Å². The van der Waals surface area contributed by atoms with Gasteiger partial charge in [0, 0.05) is 18.8 Å². The molecule has 1 atom stereocenters. The van der Waals surface area contributed by atoms with Crippen molar-refractivity contribution in [2.45, 2.75) is 31.7 Å². The van der Waals surface area contributed by atoms with Crippen LogP contribution < -0.4 is 15.4 Å². The second-order valence-corrected chi connectivity index (χ2v) is 10.3. The van der Waals surface area contributed by atoms with E-state index in [9.17, 15) is 18.0 Å². The number of morpholine rings is 1. The van der Waals surface area contributed by atoms with Crippen LogP contribution in [-0.2, 0) is 19.6 Å². The summed E-state index contributed by atoms with van der Waals surface area (Å²) in [7, 11) is -2.26. The Balaban J connectivity index is 1.80. The van der Waals surface area contributed by atoms with Gasteiger partial charge in [-0.3, -0.25) is 9.59 Å². The molecule has 1 aliphatic rings. The molecule has 0 spiro atoms. The molecule has 2 aromatic carbocycles. The van der Waals surface area contributed by atoms with E-state index in [4.69, 9.17) is 9.47 Å². The number of aryl methyl sites for hydroxylation is 1. The highest BCUT2D eigenvalue weighted by Gasteiger charge is 2.29. The first-order valence-electron chi connectivity index (χ1n) is 11.1. The fourth-order valence-corrected chi connectivity index (χ4v) is 5.35. The smallest absolute Gasteiger partial charge is 0.255 e. The predicted octanol–water partition coefficient (Wildman–Crippen LogP) is 2.42. The molecule has 1 aliphatic heterocycles. The molecule has 3 rings (SSSR count). The van der Waals surface area contributed by atoms with Crippen LogP contribution in [0.3, 0.4) is 0 Å². The van der Waals surface area contributed by atoms with Crippen LogP contribution in [0.1, 0.15) is 29.8 Å². The lowest BCUT2D eigenvalue weighted by Gasteiger charge is -2.27. The minimum atomic E-state index is -3.73. The average Bonchev–Trinajstić information content (AvgIpc) is 2.83. The summed E-state index contributed by atoms with van der Waals surface area (Å²) in [5.74, 6) is -0.706. The third-order valence-corrected chi connectivity index (χ3v) is 7.67. The Morgan fingerprint density at radius 1 is 1.09 bits per heavy atom. The van der Waals surface area contributed by atoms with Gasteiger partial charge in [0.25, 0.3) is 5.91 Å². The Labute approximate surface area is 200 Å². The molecular weight excluding hydrogens is 458 g/mol. The van der Waals surface area contributed by atoms with Gasteiger partial charge < -0.3 is 20.1 Å². The second kappa shape index (κ2) is 11.0. The van der Waals surface area contributed by atoms with Crippen molar-refractivity contribution in [3.05, 3.63) is 53.6 Å². The van der Waals surface area contributed by atoms with Crippen molar-refractivity contribution in [1.29, 1.82) is 0 Å². The molecule has 1 fully saturated rings. The molecule has 34 heavy (non-hydrogen) atoms. The van der Waals surface area contributed by atoms with Crippen molar-refractivity contribution in [1.82, 2.24) is 9.62 Å². The zero-order valence-corrected chi connectivity index (χ0v) is 20.6. The van der Waals surface area contributed by atoms with Gasteiger partial charge in [0.2, 0.25) is 15.9 Å². The van der Waals surface area contributed by atoms with E-state index in [2.05, 4.69) is 10.6 Å². The molecule has 0 unspecified atom stereocenters. The van der Waals surface area contributed by atoms with Gasteiger partial charge in [-0.2, -0.15) is 4.31 Å². The maximum absolute atomic E-state index is 13.1. The largest absolute Gasteiger partial charge is 0.496 e. The fraction of sp³-hybridized carbons (Fsp3) is 0.417. The lowest BCUT2D eigenvalue weighted by atomic mass is 10.0. The Kier molecular flexibility index (Phi) is 8.29. The molecule has 2 N–H and O–H groups in total. The van der Waals surface area contributed by atoms with Crippen LogP contribution in [0.4, 0.5) is 5.69 Å². The number of hydrogen-bond donors (Lipinski definition) is 2. The summed E-state index contributed by atoms with van der Waals surface area (Å²) in [6.45, 7) is 6.59. The number of nitrogens with zero attached hydrogens (tertiary/aromatic N) is 1. The number of amides is 2. The molecule has 2 aromatic rings. The Morgan fingerprint density at radius 3 is 2.41 bits per heavy atom. The predicted molar refractivity (Wildman–Crippen MR) is 128 cm³/mol. The maximum atomic E-state index is 13.1. The molecule has 0 aromatic heterocycles. The molecule has 10 heteroatoms. The van der Waals surface area contributed by atoms with Gasteiger partial charge in [-0.05, 0) is 42.7 Å². The van der Waals surface area contributed by atoms with E-state index in [0.717, 1.165) is 0 Å². The number of hydrogen-bond acceptors (Lipinski definition) is 6. The molecule has 1 heterocycles. The van der Waals surface area contributed by atoms with E-state index in [1.54, 1.807) is 43.3 Å². The van der Waals surface area contributed by atoms with Crippen molar-refractivity contribution in [3.8, 4) is 5.75 Å². The number of ether oxygens (including phenoxy) is 2. The van der Waals surface area contributed by atoms with Crippen molar-refractivity contribution in [3.63, 3.8) is 0 Å². The van der Waals surface area contributed by atoms with Crippen LogP contribution in [0.5, 0.6) is 5.75 Å². The van der Waals surface area contributed by atoms with Crippen molar-refractivity contribution in [2.24, 2.45) is 5.92 Å². The van der Waals surface area contributed by atoms with Crippen LogP contribution >= 0.6 is 0 Å². The summed E-state index contributed by atoms with van der Waals surface area (Å²) in [6.07, 6.45) is 0. The van der Waals surface area contributed by atoms with Gasteiger partial charge in [0.1, 0.15) is 11.8 Å². The third-order valence-electron chi connectivity index (χ3n) is 5.63. The first-order valence-corrected chi connectivity index (χ1v) is 12.5. The summed E-state index contributed by atoms with van der Waals surface area (Å²) in [4.78, 5) is 26.1. The summed E-state index contributed by atoms with van der Waals surface area (Å²) < 4.78 is 38.2. The molecule has 0 aliphatic carbocycles. The van der Waals surface area contributed by atoms with E-state index in [-0.39, 0.29) is 23.9 Å². The van der Waals surface area contributed by atoms with Crippen LogP contribution in [-0.4, -0.2) is 64.0 Å². The van der Waals surface area contributed by atoms with Gasteiger partial charge in [0.05, 0.1) is 30.8 Å². The molecule has 184 valence electrons. The first kappa shape index (κ1) is 25.7. The number of benzene rings is 2. The zero-order valence-electron chi connectivity index (χ0n) is 19.8. The highest BCUT2D eigenvalue weighted by atomic mass is 32.2. The minimum Gasteiger partial charge on any atom is -0.496 e. The van der Waals surface area contributed by atoms with Gasteiger partial charge >= 0.3 is 0 Å². The minimum absolute atomic E-state index is 0.131. The Morgan fingerprint density at radius 2 is 1.76 bits per heavy atom. The number of carbonyl (C=O) groups excluding carboxylic acids is 2. The summed E-state index contributed by atoms with van der Waals surface area (Å²) in [5, 5.41) is 5.52. The quantitative estimate of drug-likeness (QED) is 0.589. The van der Waals surface area contributed by atoms with Gasteiger partial charge in [-0.1, -0.05) is 32.0 Å². The fourth-order valence-electron chi connectivity index (χ4n) is 3.69. The zero-order chi connectivity index (χ0) is 24.9. The van der Waals surface area contributed by atoms with Crippen LogP contribution in [0.25, 0.3) is 0 Å². The summed E-state index contributed by atoms with van der Waals surface area (Å²) in [5.41, 5.74) is 1.23. The number of rotatable bonds is 8. The van der Waals surface area contributed by atoms with Crippen molar-refractivity contribution < 1.29 is 27.5 Å². The normalized spacial score (nSPS) is 15.6. The second-order valence-electron chi connectivity index (χ2n) is 8.38. The molecular formula is C24H31N3O6S. The molecule has 0 bridgehead atoms. The SMILES string of the molecule is COc1ccccc1C(=O)N[C@H](C(=O)Nc1ccc(C)c(S(=O)(=O)N2CCOCC2)c1)C(C)C. The monoisotopic (exact) mass is 489 g/mol. The molecule has 0 radical (unpaired) electrons. The number of sulfonamides is 1. The summed E-state index contributed by atoms with van der Waals surface area (Å²) >= 11 is 0. The number of anilines is 1. The number of para-hydroxylation sites is 1. The van der Waals surface area contributed by atoms with Crippen molar-refractivity contribution >= 4 is 27.5 Å². The van der Waals surface area contributed by atoms with Crippen LogP contribution in [0, 0.1) is 12.8 Å². The molecule has 9 nitrogen and oxygen atoms in total. The molecule has 0 saturated carbocycles. The highest BCUT2D eigenvalue weighted by Crippen LogP contribution is 2.25. The first-order chi connectivity index (χ1) is 16.1. The lowest BCUT2D eigenvalue weighted by molar-refractivity contribution is -0.118. The number of carbonyl (C=O) groups is 2. The topological polar surface area (TPSA) is 114 Å². The van der Waals surface area contributed by atoms with E-state index < -0.39 is 27.9 Å². The summed E-state index contributed by atoms with van der Waals surface area (Å²) in [6, 6.07) is 10.7. The van der Waals surface area contributed by atoms with E-state index in [1.807, 2.05) is 13.8 Å². The van der Waals surface area contributed by atoms with Gasteiger partial charge in [0.15, 0.2) is 0 Å². The van der Waals surface area contributed by atoms with Crippen LogP contribution in [0.15, 0.2) is 47.4 Å². The maximum Gasteiger partial charge on any atom is 0.255 e.